The van der Waals surface area contributed by atoms with Gasteiger partial charge in [0.2, 0.25) is 0 Å². The van der Waals surface area contributed by atoms with Gasteiger partial charge in [0.1, 0.15) is 12.4 Å². The SMILES string of the molecule is CCC=CCOc1cccc(C(=O)O)c1CC. The summed E-state index contributed by atoms with van der Waals surface area (Å²) in [6.07, 6.45) is 5.58. The van der Waals surface area contributed by atoms with Crippen molar-refractivity contribution in [2.45, 2.75) is 26.7 Å². The van der Waals surface area contributed by atoms with E-state index in [2.05, 4.69) is 6.92 Å². The van der Waals surface area contributed by atoms with Gasteiger partial charge in [-0.15, -0.1) is 0 Å². The van der Waals surface area contributed by atoms with Crippen LogP contribution in [-0.2, 0) is 6.42 Å². The highest BCUT2D eigenvalue weighted by Crippen LogP contribution is 2.23. The smallest absolute Gasteiger partial charge is 0.336 e. The predicted octanol–water partition coefficient (Wildman–Crippen LogP) is 3.29. The van der Waals surface area contributed by atoms with Crippen molar-refractivity contribution in [3.8, 4) is 5.75 Å². The van der Waals surface area contributed by atoms with Crippen LogP contribution in [-0.4, -0.2) is 17.7 Å². The van der Waals surface area contributed by atoms with Crippen molar-refractivity contribution in [1.82, 2.24) is 0 Å². The van der Waals surface area contributed by atoms with E-state index in [1.165, 1.54) is 0 Å². The number of carbonyl (C=O) groups is 1. The van der Waals surface area contributed by atoms with Gasteiger partial charge in [-0.1, -0.05) is 32.1 Å². The summed E-state index contributed by atoms with van der Waals surface area (Å²) >= 11 is 0. The van der Waals surface area contributed by atoms with E-state index in [1.54, 1.807) is 12.1 Å². The molecule has 92 valence electrons. The predicted molar refractivity (Wildman–Crippen MR) is 67.7 cm³/mol. The summed E-state index contributed by atoms with van der Waals surface area (Å²) in [5.41, 5.74) is 1.08. The van der Waals surface area contributed by atoms with Crippen LogP contribution in [0.1, 0.15) is 36.2 Å². The van der Waals surface area contributed by atoms with Crippen LogP contribution in [0.2, 0.25) is 0 Å². The van der Waals surface area contributed by atoms with Gasteiger partial charge in [-0.3, -0.25) is 0 Å². The molecule has 0 unspecified atom stereocenters. The van der Waals surface area contributed by atoms with Gasteiger partial charge in [-0.2, -0.15) is 0 Å². The van der Waals surface area contributed by atoms with Crippen LogP contribution < -0.4 is 4.74 Å². The Morgan fingerprint density at radius 2 is 2.12 bits per heavy atom. The van der Waals surface area contributed by atoms with Crippen molar-refractivity contribution in [1.29, 1.82) is 0 Å². The molecule has 0 bridgehead atoms. The third-order valence-corrected chi connectivity index (χ3v) is 2.45. The van der Waals surface area contributed by atoms with Gasteiger partial charge in [-0.25, -0.2) is 4.79 Å². The minimum Gasteiger partial charge on any atom is -0.489 e. The van der Waals surface area contributed by atoms with Crippen LogP contribution in [0.25, 0.3) is 0 Å². The number of rotatable bonds is 6. The molecule has 0 spiro atoms. The molecule has 0 amide bonds. The normalized spacial score (nSPS) is 10.7. The second-order valence-electron chi connectivity index (χ2n) is 3.63. The van der Waals surface area contributed by atoms with E-state index in [0.717, 1.165) is 12.0 Å². The molecule has 0 aliphatic carbocycles. The Kier molecular flexibility index (Phi) is 5.27. The number of allylic oxidation sites excluding steroid dienone is 1. The second-order valence-corrected chi connectivity index (χ2v) is 3.63. The molecule has 0 aliphatic rings. The lowest BCUT2D eigenvalue weighted by Gasteiger charge is -2.11. The summed E-state index contributed by atoms with van der Waals surface area (Å²) in [6, 6.07) is 5.13. The van der Waals surface area contributed by atoms with Gasteiger partial charge in [0.25, 0.3) is 0 Å². The summed E-state index contributed by atoms with van der Waals surface area (Å²) < 4.78 is 5.57. The van der Waals surface area contributed by atoms with Gasteiger partial charge < -0.3 is 9.84 Å². The van der Waals surface area contributed by atoms with Crippen LogP contribution in [0, 0.1) is 0 Å². The number of carboxylic acid groups (broad SMARTS) is 1. The van der Waals surface area contributed by atoms with E-state index < -0.39 is 5.97 Å². The fourth-order valence-electron chi connectivity index (χ4n) is 1.64. The average Bonchev–Trinajstić information content (AvgIpc) is 2.34. The molecular formula is C14H18O3. The molecule has 1 N–H and O–H groups in total. The van der Waals surface area contributed by atoms with Gasteiger partial charge in [0, 0.05) is 5.56 Å². The number of hydrogen-bond acceptors (Lipinski definition) is 2. The minimum absolute atomic E-state index is 0.324. The highest BCUT2D eigenvalue weighted by Gasteiger charge is 2.12. The number of aromatic carboxylic acids is 1. The molecule has 17 heavy (non-hydrogen) atoms. The molecule has 3 heteroatoms. The van der Waals surface area contributed by atoms with Crippen molar-refractivity contribution in [3.05, 3.63) is 41.5 Å². The summed E-state index contributed by atoms with van der Waals surface area (Å²) in [5.74, 6) is -0.246. The van der Waals surface area contributed by atoms with E-state index in [0.29, 0.717) is 24.3 Å². The van der Waals surface area contributed by atoms with Crippen molar-refractivity contribution in [2.24, 2.45) is 0 Å². The van der Waals surface area contributed by atoms with Crippen molar-refractivity contribution in [3.63, 3.8) is 0 Å². The molecule has 0 aliphatic heterocycles. The third kappa shape index (κ3) is 3.63. The maximum Gasteiger partial charge on any atom is 0.336 e. The maximum absolute atomic E-state index is 11.0. The van der Waals surface area contributed by atoms with Crippen molar-refractivity contribution >= 4 is 5.97 Å². The fraction of sp³-hybridized carbons (Fsp3) is 0.357. The lowest BCUT2D eigenvalue weighted by Crippen LogP contribution is -2.05. The molecule has 1 aromatic rings. The first kappa shape index (κ1) is 13.3. The van der Waals surface area contributed by atoms with Gasteiger partial charge in [0.15, 0.2) is 0 Å². The molecule has 3 nitrogen and oxygen atoms in total. The van der Waals surface area contributed by atoms with Crippen LogP contribution >= 0.6 is 0 Å². The van der Waals surface area contributed by atoms with E-state index in [9.17, 15) is 4.79 Å². The molecule has 0 radical (unpaired) electrons. The van der Waals surface area contributed by atoms with Gasteiger partial charge in [0.05, 0.1) is 5.56 Å². The van der Waals surface area contributed by atoms with E-state index in [-0.39, 0.29) is 0 Å². The van der Waals surface area contributed by atoms with Crippen LogP contribution in [0.4, 0.5) is 0 Å². The summed E-state index contributed by atoms with van der Waals surface area (Å²) in [4.78, 5) is 11.0. The number of ether oxygens (including phenoxy) is 1. The average molecular weight is 234 g/mol. The first-order valence-electron chi connectivity index (χ1n) is 5.83. The molecular weight excluding hydrogens is 216 g/mol. The monoisotopic (exact) mass is 234 g/mol. The van der Waals surface area contributed by atoms with Crippen molar-refractivity contribution in [2.75, 3.05) is 6.61 Å². The standard InChI is InChI=1S/C14H18O3/c1-3-5-6-10-17-13-9-7-8-12(14(15)16)11(13)4-2/h5-9H,3-4,10H2,1-2H3,(H,15,16). The zero-order valence-corrected chi connectivity index (χ0v) is 10.3. The molecule has 0 heterocycles. The van der Waals surface area contributed by atoms with Gasteiger partial charge in [-0.05, 0) is 25.0 Å². The summed E-state index contributed by atoms with van der Waals surface area (Å²) in [5, 5.41) is 9.06. The molecule has 0 fully saturated rings. The van der Waals surface area contributed by atoms with E-state index >= 15 is 0 Å². The molecule has 0 atom stereocenters. The zero-order valence-electron chi connectivity index (χ0n) is 10.3. The molecule has 1 rings (SSSR count). The summed E-state index contributed by atoms with van der Waals surface area (Å²) in [7, 11) is 0. The lowest BCUT2D eigenvalue weighted by atomic mass is 10.0. The first-order valence-corrected chi connectivity index (χ1v) is 5.83. The van der Waals surface area contributed by atoms with E-state index in [4.69, 9.17) is 9.84 Å². The maximum atomic E-state index is 11.0. The zero-order chi connectivity index (χ0) is 12.7. The quantitative estimate of drug-likeness (QED) is 0.768. The molecule has 0 aromatic heterocycles. The fourth-order valence-corrected chi connectivity index (χ4v) is 1.64. The largest absolute Gasteiger partial charge is 0.489 e. The second kappa shape index (κ2) is 6.74. The highest BCUT2D eigenvalue weighted by atomic mass is 16.5. The van der Waals surface area contributed by atoms with Crippen molar-refractivity contribution < 1.29 is 14.6 Å². The third-order valence-electron chi connectivity index (χ3n) is 2.45. The Morgan fingerprint density at radius 3 is 2.71 bits per heavy atom. The van der Waals surface area contributed by atoms with Gasteiger partial charge >= 0.3 is 5.97 Å². The molecule has 1 aromatic carbocycles. The minimum atomic E-state index is -0.906. The Hall–Kier alpha value is -1.77. The van der Waals surface area contributed by atoms with Crippen LogP contribution in [0.5, 0.6) is 5.75 Å². The Morgan fingerprint density at radius 1 is 1.35 bits per heavy atom. The van der Waals surface area contributed by atoms with E-state index in [1.807, 2.05) is 25.1 Å². The Balaban J connectivity index is 2.87. The Labute approximate surface area is 102 Å². The Bertz CT molecular complexity index is 408. The number of hydrogen-bond donors (Lipinski definition) is 1. The topological polar surface area (TPSA) is 46.5 Å². The summed E-state index contributed by atoms with van der Waals surface area (Å²) in [6.45, 7) is 4.46. The lowest BCUT2D eigenvalue weighted by molar-refractivity contribution is 0.0695. The van der Waals surface area contributed by atoms with Crippen LogP contribution in [0.3, 0.4) is 0 Å². The number of benzene rings is 1. The molecule has 0 saturated carbocycles. The highest BCUT2D eigenvalue weighted by molar-refractivity contribution is 5.90. The number of carboxylic acids is 1. The molecule has 0 saturated heterocycles. The van der Waals surface area contributed by atoms with Crippen LogP contribution in [0.15, 0.2) is 30.4 Å². The first-order chi connectivity index (χ1) is 8.20.